The predicted molar refractivity (Wildman–Crippen MR) is 61.9 cm³/mol. The Morgan fingerprint density at radius 3 is 2.59 bits per heavy atom. The lowest BCUT2D eigenvalue weighted by molar-refractivity contribution is -0.144. The summed E-state index contributed by atoms with van der Waals surface area (Å²) < 4.78 is 0. The lowest BCUT2D eigenvalue weighted by Gasteiger charge is -2.36. The van der Waals surface area contributed by atoms with Gasteiger partial charge in [0.05, 0.1) is 12.3 Å². The Balaban J connectivity index is 2.52. The van der Waals surface area contributed by atoms with Crippen molar-refractivity contribution in [3.05, 3.63) is 0 Å². The number of likely N-dealkylation sites (N-methyl/N-ethyl adjacent to an activating group) is 1. The number of hydrogen-bond donors (Lipinski definition) is 3. The average molecular weight is 244 g/mol. The van der Waals surface area contributed by atoms with Crippen LogP contribution < -0.4 is 5.32 Å². The fourth-order valence-corrected chi connectivity index (χ4v) is 2.24. The fourth-order valence-electron chi connectivity index (χ4n) is 2.24. The molecule has 2 unspecified atom stereocenters. The zero-order valence-electron chi connectivity index (χ0n) is 10.1. The van der Waals surface area contributed by atoms with Crippen LogP contribution in [0.4, 0.5) is 0 Å². The Bertz CT molecular complexity index is 283. The van der Waals surface area contributed by atoms with E-state index in [1.807, 2.05) is 11.8 Å². The molecule has 3 N–H and O–H groups in total. The van der Waals surface area contributed by atoms with Crippen LogP contribution in [-0.4, -0.2) is 59.3 Å². The molecule has 0 aromatic rings. The van der Waals surface area contributed by atoms with Gasteiger partial charge < -0.3 is 20.4 Å². The van der Waals surface area contributed by atoms with Gasteiger partial charge in [-0.05, 0) is 13.0 Å². The van der Waals surface area contributed by atoms with Crippen molar-refractivity contribution in [2.45, 2.75) is 25.8 Å². The maximum atomic E-state index is 11.0. The van der Waals surface area contributed by atoms with E-state index in [2.05, 4.69) is 5.32 Å². The van der Waals surface area contributed by atoms with Crippen LogP contribution in [0.3, 0.4) is 0 Å². The van der Waals surface area contributed by atoms with Gasteiger partial charge in [0.25, 0.3) is 0 Å². The van der Waals surface area contributed by atoms with Gasteiger partial charge in [0.2, 0.25) is 0 Å². The normalized spacial score (nSPS) is 25.7. The van der Waals surface area contributed by atoms with E-state index < -0.39 is 17.9 Å². The number of carboxylic acid groups (broad SMARTS) is 2. The number of rotatable bonds is 6. The molecule has 1 aliphatic rings. The molecule has 1 heterocycles. The second kappa shape index (κ2) is 6.56. The van der Waals surface area contributed by atoms with E-state index in [0.29, 0.717) is 19.5 Å². The first-order valence-electron chi connectivity index (χ1n) is 5.93. The molecule has 0 bridgehead atoms. The van der Waals surface area contributed by atoms with Gasteiger partial charge in [0, 0.05) is 25.7 Å². The highest BCUT2D eigenvalue weighted by molar-refractivity contribution is 5.70. The Labute approximate surface area is 101 Å². The molecule has 6 nitrogen and oxygen atoms in total. The van der Waals surface area contributed by atoms with Crippen molar-refractivity contribution in [2.24, 2.45) is 5.92 Å². The number of nitrogens with one attached hydrogen (secondary N) is 1. The smallest absolute Gasteiger partial charge is 0.307 e. The SMILES string of the molecule is CCNC1CC(C(=O)O)CN(CCC(=O)O)C1. The molecule has 1 aliphatic heterocycles. The van der Waals surface area contributed by atoms with Crippen LogP contribution in [0.1, 0.15) is 19.8 Å². The van der Waals surface area contributed by atoms with Crippen molar-refractivity contribution in [1.82, 2.24) is 10.2 Å². The number of hydrogen-bond acceptors (Lipinski definition) is 4. The van der Waals surface area contributed by atoms with Crippen molar-refractivity contribution < 1.29 is 19.8 Å². The molecule has 0 aromatic carbocycles. The molecular formula is C11H20N2O4. The molecule has 6 heteroatoms. The molecule has 0 amide bonds. The van der Waals surface area contributed by atoms with Gasteiger partial charge in [-0.15, -0.1) is 0 Å². The molecule has 0 aliphatic carbocycles. The third-order valence-electron chi connectivity index (χ3n) is 3.01. The summed E-state index contributed by atoms with van der Waals surface area (Å²) in [5.74, 6) is -2.04. The van der Waals surface area contributed by atoms with E-state index in [1.54, 1.807) is 0 Å². The first-order valence-corrected chi connectivity index (χ1v) is 5.93. The van der Waals surface area contributed by atoms with Crippen molar-refractivity contribution in [3.63, 3.8) is 0 Å². The van der Waals surface area contributed by atoms with Gasteiger partial charge in [-0.1, -0.05) is 6.92 Å². The van der Waals surface area contributed by atoms with E-state index >= 15 is 0 Å². The van der Waals surface area contributed by atoms with Crippen molar-refractivity contribution in [2.75, 3.05) is 26.2 Å². The maximum absolute atomic E-state index is 11.0. The molecule has 2 atom stereocenters. The van der Waals surface area contributed by atoms with Crippen LogP contribution in [-0.2, 0) is 9.59 Å². The molecule has 98 valence electrons. The topological polar surface area (TPSA) is 89.9 Å². The standard InChI is InChI=1S/C11H20N2O4/c1-2-12-9-5-8(11(16)17)6-13(7-9)4-3-10(14)15/h8-9,12H,2-7H2,1H3,(H,14,15)(H,16,17). The van der Waals surface area contributed by atoms with Gasteiger partial charge in [0.15, 0.2) is 0 Å². The first kappa shape index (κ1) is 13.9. The van der Waals surface area contributed by atoms with Gasteiger partial charge in [-0.3, -0.25) is 9.59 Å². The zero-order valence-corrected chi connectivity index (χ0v) is 10.1. The van der Waals surface area contributed by atoms with Crippen molar-refractivity contribution in [1.29, 1.82) is 0 Å². The lowest BCUT2D eigenvalue weighted by atomic mass is 9.94. The summed E-state index contributed by atoms with van der Waals surface area (Å²) in [5, 5.41) is 20.9. The summed E-state index contributed by atoms with van der Waals surface area (Å²) in [6, 6.07) is 0.142. The maximum Gasteiger partial charge on any atom is 0.307 e. The molecule has 1 rings (SSSR count). The van der Waals surface area contributed by atoms with Crippen LogP contribution in [0.5, 0.6) is 0 Å². The number of nitrogens with zero attached hydrogens (tertiary/aromatic N) is 1. The number of piperidine rings is 1. The summed E-state index contributed by atoms with van der Waals surface area (Å²) in [6.07, 6.45) is 0.679. The monoisotopic (exact) mass is 244 g/mol. The summed E-state index contributed by atoms with van der Waals surface area (Å²) >= 11 is 0. The minimum absolute atomic E-state index is 0.0607. The second-order valence-electron chi connectivity index (χ2n) is 4.43. The summed E-state index contributed by atoms with van der Waals surface area (Å²) in [7, 11) is 0. The van der Waals surface area contributed by atoms with E-state index in [4.69, 9.17) is 10.2 Å². The van der Waals surface area contributed by atoms with Crippen LogP contribution in [0, 0.1) is 5.92 Å². The molecule has 0 saturated carbocycles. The largest absolute Gasteiger partial charge is 0.481 e. The minimum Gasteiger partial charge on any atom is -0.481 e. The quantitative estimate of drug-likeness (QED) is 0.602. The Morgan fingerprint density at radius 1 is 1.35 bits per heavy atom. The second-order valence-corrected chi connectivity index (χ2v) is 4.43. The molecule has 17 heavy (non-hydrogen) atoms. The number of aliphatic carboxylic acids is 2. The average Bonchev–Trinajstić information content (AvgIpc) is 2.26. The van der Waals surface area contributed by atoms with E-state index in [9.17, 15) is 9.59 Å². The highest BCUT2D eigenvalue weighted by Crippen LogP contribution is 2.17. The molecule has 1 fully saturated rings. The van der Waals surface area contributed by atoms with Crippen LogP contribution in [0.25, 0.3) is 0 Å². The summed E-state index contributed by atoms with van der Waals surface area (Å²) in [6.45, 7) is 4.37. The van der Waals surface area contributed by atoms with E-state index in [-0.39, 0.29) is 12.5 Å². The Hall–Kier alpha value is -1.14. The summed E-state index contributed by atoms with van der Waals surface area (Å²) in [5.41, 5.74) is 0. The van der Waals surface area contributed by atoms with Crippen LogP contribution >= 0.6 is 0 Å². The van der Waals surface area contributed by atoms with Crippen molar-refractivity contribution in [3.8, 4) is 0 Å². The lowest BCUT2D eigenvalue weighted by Crippen LogP contribution is -2.51. The van der Waals surface area contributed by atoms with Crippen molar-refractivity contribution >= 4 is 11.9 Å². The molecule has 0 radical (unpaired) electrons. The van der Waals surface area contributed by atoms with Crippen LogP contribution in [0.2, 0.25) is 0 Å². The highest BCUT2D eigenvalue weighted by Gasteiger charge is 2.30. The minimum atomic E-state index is -0.845. The third-order valence-corrected chi connectivity index (χ3v) is 3.01. The molecule has 0 aromatic heterocycles. The molecular weight excluding hydrogens is 224 g/mol. The Morgan fingerprint density at radius 2 is 2.06 bits per heavy atom. The fraction of sp³-hybridized carbons (Fsp3) is 0.818. The van der Waals surface area contributed by atoms with Gasteiger partial charge in [0.1, 0.15) is 0 Å². The van der Waals surface area contributed by atoms with E-state index in [1.165, 1.54) is 0 Å². The number of carbonyl (C=O) groups is 2. The molecule has 1 saturated heterocycles. The third kappa shape index (κ3) is 4.70. The summed E-state index contributed by atoms with van der Waals surface area (Å²) in [4.78, 5) is 23.4. The number of likely N-dealkylation sites (tertiary alicyclic amines) is 1. The predicted octanol–water partition coefficient (Wildman–Crippen LogP) is -0.154. The zero-order chi connectivity index (χ0) is 12.8. The van der Waals surface area contributed by atoms with Crippen LogP contribution in [0.15, 0.2) is 0 Å². The number of carboxylic acids is 2. The van der Waals surface area contributed by atoms with Gasteiger partial charge >= 0.3 is 11.9 Å². The van der Waals surface area contributed by atoms with Gasteiger partial charge in [-0.2, -0.15) is 0 Å². The molecule has 0 spiro atoms. The van der Waals surface area contributed by atoms with E-state index in [0.717, 1.165) is 13.1 Å². The first-order chi connectivity index (χ1) is 8.02. The highest BCUT2D eigenvalue weighted by atomic mass is 16.4. The Kier molecular flexibility index (Phi) is 5.37. The van der Waals surface area contributed by atoms with Gasteiger partial charge in [-0.25, -0.2) is 0 Å².